The van der Waals surface area contributed by atoms with Gasteiger partial charge in [-0.3, -0.25) is 9.78 Å². The number of ether oxygens (including phenoxy) is 1. The Morgan fingerprint density at radius 3 is 2.83 bits per heavy atom. The summed E-state index contributed by atoms with van der Waals surface area (Å²) in [7, 11) is 1.55. The predicted octanol–water partition coefficient (Wildman–Crippen LogP) is 2.02. The highest BCUT2D eigenvalue weighted by Gasteiger charge is 2.10. The summed E-state index contributed by atoms with van der Waals surface area (Å²) in [6.45, 7) is 0.449. The van der Waals surface area contributed by atoms with Crippen LogP contribution in [0.4, 0.5) is 0 Å². The monoisotopic (exact) mass is 242 g/mol. The van der Waals surface area contributed by atoms with E-state index in [1.807, 2.05) is 24.3 Å². The number of nitrogens with one attached hydrogen (secondary N) is 1. The normalized spacial score (nSPS) is 9.83. The molecule has 0 aliphatic rings. The first-order chi connectivity index (χ1) is 8.81. The average Bonchev–Trinajstić information content (AvgIpc) is 2.45. The Labute approximate surface area is 106 Å². The highest BCUT2D eigenvalue weighted by molar-refractivity contribution is 5.96. The molecule has 4 nitrogen and oxygen atoms in total. The standard InChI is InChI=1S/C14H14N2O2/c1-18-13-7-3-2-6-12(13)14(17)16-10-11-5-4-8-15-9-11/h2-9H,10H2,1H3,(H,16,17). The lowest BCUT2D eigenvalue weighted by Gasteiger charge is -2.08. The van der Waals surface area contributed by atoms with E-state index < -0.39 is 0 Å². The number of nitrogens with zero attached hydrogens (tertiary/aromatic N) is 1. The molecule has 1 aromatic carbocycles. The second-order valence-electron chi connectivity index (χ2n) is 3.74. The van der Waals surface area contributed by atoms with Crippen LogP contribution in [0.15, 0.2) is 48.8 Å². The van der Waals surface area contributed by atoms with E-state index in [0.717, 1.165) is 5.56 Å². The van der Waals surface area contributed by atoms with Crippen molar-refractivity contribution in [2.75, 3.05) is 7.11 Å². The zero-order chi connectivity index (χ0) is 12.8. The van der Waals surface area contributed by atoms with Crippen molar-refractivity contribution in [2.45, 2.75) is 6.54 Å². The molecule has 1 amide bonds. The number of hydrogen-bond donors (Lipinski definition) is 1. The summed E-state index contributed by atoms with van der Waals surface area (Å²) >= 11 is 0. The van der Waals surface area contributed by atoms with Crippen molar-refractivity contribution in [2.24, 2.45) is 0 Å². The molecule has 0 atom stereocenters. The van der Waals surface area contributed by atoms with Crippen molar-refractivity contribution < 1.29 is 9.53 Å². The molecule has 0 saturated heterocycles. The van der Waals surface area contributed by atoms with E-state index in [0.29, 0.717) is 17.9 Å². The van der Waals surface area contributed by atoms with Gasteiger partial charge in [-0.25, -0.2) is 0 Å². The quantitative estimate of drug-likeness (QED) is 0.892. The van der Waals surface area contributed by atoms with Crippen LogP contribution in [0.25, 0.3) is 0 Å². The molecule has 0 aliphatic heterocycles. The Morgan fingerprint density at radius 2 is 2.11 bits per heavy atom. The first kappa shape index (κ1) is 12.1. The number of carbonyl (C=O) groups excluding carboxylic acids is 1. The third kappa shape index (κ3) is 2.85. The molecular weight excluding hydrogens is 228 g/mol. The van der Waals surface area contributed by atoms with Gasteiger partial charge in [-0.05, 0) is 23.8 Å². The second kappa shape index (κ2) is 5.82. The smallest absolute Gasteiger partial charge is 0.255 e. The van der Waals surface area contributed by atoms with Crippen molar-refractivity contribution in [3.05, 3.63) is 59.9 Å². The molecule has 0 unspecified atom stereocenters. The fraction of sp³-hybridized carbons (Fsp3) is 0.143. The number of amides is 1. The SMILES string of the molecule is COc1ccccc1C(=O)NCc1cccnc1. The van der Waals surface area contributed by atoms with Crippen LogP contribution in [-0.4, -0.2) is 18.0 Å². The van der Waals surface area contributed by atoms with Gasteiger partial charge >= 0.3 is 0 Å². The molecule has 2 rings (SSSR count). The zero-order valence-corrected chi connectivity index (χ0v) is 10.1. The lowest BCUT2D eigenvalue weighted by Crippen LogP contribution is -2.23. The van der Waals surface area contributed by atoms with Gasteiger partial charge in [0.1, 0.15) is 5.75 Å². The summed E-state index contributed by atoms with van der Waals surface area (Å²) in [5, 5.41) is 2.83. The Balaban J connectivity index is 2.04. The molecule has 18 heavy (non-hydrogen) atoms. The number of para-hydroxylation sites is 1. The molecule has 0 radical (unpaired) electrons. The van der Waals surface area contributed by atoms with Crippen LogP contribution in [0.5, 0.6) is 5.75 Å². The summed E-state index contributed by atoms with van der Waals surface area (Å²) in [5.74, 6) is 0.414. The maximum atomic E-state index is 12.0. The molecule has 0 saturated carbocycles. The van der Waals surface area contributed by atoms with E-state index in [4.69, 9.17) is 4.74 Å². The summed E-state index contributed by atoms with van der Waals surface area (Å²) < 4.78 is 5.15. The van der Waals surface area contributed by atoms with Crippen molar-refractivity contribution in [1.82, 2.24) is 10.3 Å². The molecule has 1 aromatic heterocycles. The highest BCUT2D eigenvalue weighted by Crippen LogP contribution is 2.16. The Kier molecular flexibility index (Phi) is 3.91. The molecule has 0 spiro atoms. The molecule has 0 aliphatic carbocycles. The molecule has 2 aromatic rings. The van der Waals surface area contributed by atoms with E-state index in [9.17, 15) is 4.79 Å². The number of hydrogen-bond acceptors (Lipinski definition) is 3. The predicted molar refractivity (Wildman–Crippen MR) is 68.4 cm³/mol. The summed E-state index contributed by atoms with van der Waals surface area (Å²) in [5.41, 5.74) is 1.49. The summed E-state index contributed by atoms with van der Waals surface area (Å²) in [6.07, 6.45) is 3.42. The van der Waals surface area contributed by atoms with E-state index in [1.165, 1.54) is 0 Å². The van der Waals surface area contributed by atoms with Crippen LogP contribution in [0.2, 0.25) is 0 Å². The largest absolute Gasteiger partial charge is 0.496 e. The average molecular weight is 242 g/mol. The Morgan fingerprint density at radius 1 is 1.28 bits per heavy atom. The lowest BCUT2D eigenvalue weighted by atomic mass is 10.2. The van der Waals surface area contributed by atoms with E-state index in [1.54, 1.807) is 31.6 Å². The number of rotatable bonds is 4. The Bertz CT molecular complexity index is 526. The number of aromatic nitrogens is 1. The molecule has 0 bridgehead atoms. The fourth-order valence-electron chi connectivity index (χ4n) is 1.61. The summed E-state index contributed by atoms with van der Waals surface area (Å²) in [6, 6.07) is 10.9. The third-order valence-corrected chi connectivity index (χ3v) is 2.53. The highest BCUT2D eigenvalue weighted by atomic mass is 16.5. The van der Waals surface area contributed by atoms with Crippen LogP contribution in [0.3, 0.4) is 0 Å². The number of carbonyl (C=O) groups is 1. The van der Waals surface area contributed by atoms with Gasteiger partial charge in [0.2, 0.25) is 0 Å². The number of methoxy groups -OCH3 is 1. The fourth-order valence-corrected chi connectivity index (χ4v) is 1.61. The van der Waals surface area contributed by atoms with Gasteiger partial charge in [-0.2, -0.15) is 0 Å². The molecule has 1 N–H and O–H groups in total. The van der Waals surface area contributed by atoms with Crippen LogP contribution in [-0.2, 0) is 6.54 Å². The second-order valence-corrected chi connectivity index (χ2v) is 3.74. The number of pyridine rings is 1. The summed E-state index contributed by atoms with van der Waals surface area (Å²) in [4.78, 5) is 16.0. The van der Waals surface area contributed by atoms with Gasteiger partial charge in [0.25, 0.3) is 5.91 Å². The van der Waals surface area contributed by atoms with Crippen molar-refractivity contribution in [3.63, 3.8) is 0 Å². The van der Waals surface area contributed by atoms with Crippen molar-refractivity contribution >= 4 is 5.91 Å². The molecular formula is C14H14N2O2. The first-order valence-corrected chi connectivity index (χ1v) is 5.61. The maximum absolute atomic E-state index is 12.0. The molecule has 92 valence electrons. The van der Waals surface area contributed by atoms with Crippen LogP contribution < -0.4 is 10.1 Å². The van der Waals surface area contributed by atoms with Gasteiger partial charge in [-0.1, -0.05) is 18.2 Å². The zero-order valence-electron chi connectivity index (χ0n) is 10.1. The number of benzene rings is 1. The van der Waals surface area contributed by atoms with E-state index in [-0.39, 0.29) is 5.91 Å². The maximum Gasteiger partial charge on any atom is 0.255 e. The van der Waals surface area contributed by atoms with Crippen molar-refractivity contribution in [1.29, 1.82) is 0 Å². The van der Waals surface area contributed by atoms with Gasteiger partial charge < -0.3 is 10.1 Å². The minimum absolute atomic E-state index is 0.156. The molecule has 1 heterocycles. The van der Waals surface area contributed by atoms with Gasteiger partial charge in [0.05, 0.1) is 12.7 Å². The van der Waals surface area contributed by atoms with Crippen LogP contribution in [0.1, 0.15) is 15.9 Å². The first-order valence-electron chi connectivity index (χ1n) is 5.61. The minimum Gasteiger partial charge on any atom is -0.496 e. The van der Waals surface area contributed by atoms with Crippen LogP contribution >= 0.6 is 0 Å². The van der Waals surface area contributed by atoms with E-state index in [2.05, 4.69) is 10.3 Å². The van der Waals surface area contributed by atoms with Gasteiger partial charge in [-0.15, -0.1) is 0 Å². The Hall–Kier alpha value is -2.36. The van der Waals surface area contributed by atoms with Crippen molar-refractivity contribution in [3.8, 4) is 5.75 Å². The minimum atomic E-state index is -0.156. The van der Waals surface area contributed by atoms with E-state index >= 15 is 0 Å². The topological polar surface area (TPSA) is 51.2 Å². The molecule has 0 fully saturated rings. The third-order valence-electron chi connectivity index (χ3n) is 2.53. The van der Waals surface area contributed by atoms with Crippen LogP contribution in [0, 0.1) is 0 Å². The lowest BCUT2D eigenvalue weighted by molar-refractivity contribution is 0.0948. The molecule has 4 heteroatoms. The van der Waals surface area contributed by atoms with Gasteiger partial charge in [0, 0.05) is 18.9 Å². The van der Waals surface area contributed by atoms with Gasteiger partial charge in [0.15, 0.2) is 0 Å².